The minimum absolute atomic E-state index is 0.389. The van der Waals surface area contributed by atoms with Gasteiger partial charge in [0.25, 0.3) is 0 Å². The third-order valence-electron chi connectivity index (χ3n) is 2.81. The van der Waals surface area contributed by atoms with Gasteiger partial charge in [0.15, 0.2) is 0 Å². The van der Waals surface area contributed by atoms with Gasteiger partial charge >= 0.3 is 0 Å². The second-order valence-corrected chi connectivity index (χ2v) is 4.61. The average Bonchev–Trinajstić information content (AvgIpc) is 2.47. The van der Waals surface area contributed by atoms with Crippen molar-refractivity contribution in [1.82, 2.24) is 0 Å². The van der Waals surface area contributed by atoms with Gasteiger partial charge in [-0.05, 0) is 24.3 Å². The van der Waals surface area contributed by atoms with Crippen molar-refractivity contribution in [2.75, 3.05) is 19.5 Å². The van der Waals surface area contributed by atoms with Crippen LogP contribution in [0.2, 0.25) is 0 Å². The van der Waals surface area contributed by atoms with Crippen LogP contribution in [0.5, 0.6) is 11.5 Å². The summed E-state index contributed by atoms with van der Waals surface area (Å²) >= 11 is 4.92. The fourth-order valence-corrected chi connectivity index (χ4v) is 1.90. The fourth-order valence-electron chi connectivity index (χ4n) is 1.76. The lowest BCUT2D eigenvalue weighted by molar-refractivity contribution is 0.395. The van der Waals surface area contributed by atoms with Gasteiger partial charge in [0, 0.05) is 35.1 Å². The van der Waals surface area contributed by atoms with Gasteiger partial charge in [0.2, 0.25) is 0 Å². The first-order chi connectivity index (χ1) is 9.62. The van der Waals surface area contributed by atoms with Crippen LogP contribution in [0.25, 0.3) is 0 Å². The Labute approximate surface area is 123 Å². The van der Waals surface area contributed by atoms with E-state index < -0.39 is 0 Å². The number of benzene rings is 2. The minimum atomic E-state index is 0.389. The summed E-state index contributed by atoms with van der Waals surface area (Å²) < 4.78 is 10.5. The molecule has 3 N–H and O–H groups in total. The van der Waals surface area contributed by atoms with Crippen LogP contribution in [0.15, 0.2) is 42.5 Å². The lowest BCUT2D eigenvalue weighted by Gasteiger charge is -2.11. The molecular formula is C15H16N2O2S. The van der Waals surface area contributed by atoms with Crippen LogP contribution < -0.4 is 20.5 Å². The Kier molecular flexibility index (Phi) is 4.42. The molecule has 104 valence electrons. The molecule has 0 saturated heterocycles. The Morgan fingerprint density at radius 3 is 1.95 bits per heavy atom. The summed E-state index contributed by atoms with van der Waals surface area (Å²) in [7, 11) is 3.24. The van der Waals surface area contributed by atoms with Crippen molar-refractivity contribution in [2.45, 2.75) is 0 Å². The zero-order chi connectivity index (χ0) is 14.5. The predicted molar refractivity (Wildman–Crippen MR) is 85.2 cm³/mol. The summed E-state index contributed by atoms with van der Waals surface area (Å²) in [5.74, 6) is 1.46. The highest BCUT2D eigenvalue weighted by Gasteiger charge is 2.03. The summed E-state index contributed by atoms with van der Waals surface area (Å²) in [5, 5.41) is 3.28. The number of thiocarbonyl (C=S) groups is 1. The van der Waals surface area contributed by atoms with Crippen LogP contribution >= 0.6 is 12.2 Å². The second-order valence-electron chi connectivity index (χ2n) is 4.17. The van der Waals surface area contributed by atoms with Crippen molar-refractivity contribution in [3.05, 3.63) is 48.0 Å². The minimum Gasteiger partial charge on any atom is -0.497 e. The first-order valence-electron chi connectivity index (χ1n) is 6.02. The number of nitrogens with one attached hydrogen (secondary N) is 1. The number of methoxy groups -OCH3 is 2. The topological polar surface area (TPSA) is 56.5 Å². The van der Waals surface area contributed by atoms with Gasteiger partial charge in [0.1, 0.15) is 16.5 Å². The Morgan fingerprint density at radius 2 is 1.50 bits per heavy atom. The van der Waals surface area contributed by atoms with Crippen molar-refractivity contribution in [2.24, 2.45) is 5.73 Å². The van der Waals surface area contributed by atoms with E-state index in [1.807, 2.05) is 42.5 Å². The van der Waals surface area contributed by atoms with E-state index >= 15 is 0 Å². The molecule has 0 aliphatic carbocycles. The smallest absolute Gasteiger partial charge is 0.124 e. The largest absolute Gasteiger partial charge is 0.497 e. The molecule has 5 heteroatoms. The number of anilines is 2. The number of rotatable bonds is 5. The lowest BCUT2D eigenvalue weighted by atomic mass is 10.2. The molecule has 0 aliphatic rings. The molecule has 0 fully saturated rings. The number of hydrogen-bond donors (Lipinski definition) is 2. The first kappa shape index (κ1) is 14.1. The summed E-state index contributed by atoms with van der Waals surface area (Å²) in [6, 6.07) is 13.2. The third kappa shape index (κ3) is 3.39. The average molecular weight is 288 g/mol. The summed E-state index contributed by atoms with van der Waals surface area (Å²) in [4.78, 5) is 0.389. The number of hydrogen-bond acceptors (Lipinski definition) is 4. The molecule has 0 atom stereocenters. The van der Waals surface area contributed by atoms with Crippen molar-refractivity contribution in [1.29, 1.82) is 0 Å². The van der Waals surface area contributed by atoms with Crippen LogP contribution in [0.1, 0.15) is 5.56 Å². The maximum atomic E-state index is 5.57. The van der Waals surface area contributed by atoms with Gasteiger partial charge in [-0.15, -0.1) is 0 Å². The van der Waals surface area contributed by atoms with Gasteiger partial charge < -0.3 is 20.5 Å². The standard InChI is InChI=1S/C15H16N2O2S/c1-18-13-7-12(8-14(9-13)19-2)17-11-5-3-10(4-6-11)15(16)20/h3-9,17H,1-2H3,(H2,16,20). The zero-order valence-corrected chi connectivity index (χ0v) is 12.2. The molecule has 0 unspecified atom stereocenters. The van der Waals surface area contributed by atoms with E-state index in [0.29, 0.717) is 4.99 Å². The molecule has 0 radical (unpaired) electrons. The molecule has 0 heterocycles. The monoisotopic (exact) mass is 288 g/mol. The molecule has 2 rings (SSSR count). The zero-order valence-electron chi connectivity index (χ0n) is 11.3. The molecule has 0 amide bonds. The molecule has 0 saturated carbocycles. The molecule has 0 aromatic heterocycles. The Balaban J connectivity index is 2.22. The number of nitrogens with two attached hydrogens (primary N) is 1. The van der Waals surface area contributed by atoms with E-state index in [-0.39, 0.29) is 0 Å². The lowest BCUT2D eigenvalue weighted by Crippen LogP contribution is -2.08. The van der Waals surface area contributed by atoms with Gasteiger partial charge in [-0.2, -0.15) is 0 Å². The Bertz CT molecular complexity index is 590. The third-order valence-corrected chi connectivity index (χ3v) is 3.05. The normalized spacial score (nSPS) is 9.90. The SMILES string of the molecule is COc1cc(Nc2ccc(C(N)=S)cc2)cc(OC)c1. The quantitative estimate of drug-likeness (QED) is 0.828. The molecule has 2 aromatic rings. The van der Waals surface area contributed by atoms with Gasteiger partial charge in [0.05, 0.1) is 14.2 Å². The fraction of sp³-hybridized carbons (Fsp3) is 0.133. The van der Waals surface area contributed by atoms with Crippen LogP contribution in [0, 0.1) is 0 Å². The molecular weight excluding hydrogens is 272 g/mol. The van der Waals surface area contributed by atoms with Crippen molar-refractivity contribution < 1.29 is 9.47 Å². The van der Waals surface area contributed by atoms with Crippen molar-refractivity contribution in [3.63, 3.8) is 0 Å². The summed E-state index contributed by atoms with van der Waals surface area (Å²) in [6.45, 7) is 0. The number of ether oxygens (including phenoxy) is 2. The molecule has 0 spiro atoms. The van der Waals surface area contributed by atoms with E-state index in [0.717, 1.165) is 28.4 Å². The molecule has 2 aromatic carbocycles. The first-order valence-corrected chi connectivity index (χ1v) is 6.43. The predicted octanol–water partition coefficient (Wildman–Crippen LogP) is 3.08. The Morgan fingerprint density at radius 1 is 0.950 bits per heavy atom. The van der Waals surface area contributed by atoms with Crippen molar-refractivity contribution >= 4 is 28.6 Å². The van der Waals surface area contributed by atoms with E-state index in [1.54, 1.807) is 14.2 Å². The van der Waals surface area contributed by atoms with Crippen LogP contribution in [0.4, 0.5) is 11.4 Å². The van der Waals surface area contributed by atoms with E-state index in [4.69, 9.17) is 27.4 Å². The maximum Gasteiger partial charge on any atom is 0.124 e. The van der Waals surface area contributed by atoms with Gasteiger partial charge in [-0.25, -0.2) is 0 Å². The molecule has 20 heavy (non-hydrogen) atoms. The molecule has 0 aliphatic heterocycles. The van der Waals surface area contributed by atoms with E-state index in [9.17, 15) is 0 Å². The van der Waals surface area contributed by atoms with E-state index in [2.05, 4.69) is 5.32 Å². The molecule has 0 bridgehead atoms. The second kappa shape index (κ2) is 6.25. The van der Waals surface area contributed by atoms with Crippen LogP contribution in [-0.4, -0.2) is 19.2 Å². The Hall–Kier alpha value is -2.27. The highest BCUT2D eigenvalue weighted by molar-refractivity contribution is 7.80. The van der Waals surface area contributed by atoms with Gasteiger partial charge in [-0.3, -0.25) is 0 Å². The summed E-state index contributed by atoms with van der Waals surface area (Å²) in [6.07, 6.45) is 0. The van der Waals surface area contributed by atoms with Crippen LogP contribution in [0.3, 0.4) is 0 Å². The maximum absolute atomic E-state index is 5.57. The molecule has 4 nitrogen and oxygen atoms in total. The van der Waals surface area contributed by atoms with Gasteiger partial charge in [-0.1, -0.05) is 12.2 Å². The highest BCUT2D eigenvalue weighted by Crippen LogP contribution is 2.28. The van der Waals surface area contributed by atoms with Crippen molar-refractivity contribution in [3.8, 4) is 11.5 Å². The van der Waals surface area contributed by atoms with E-state index in [1.165, 1.54) is 0 Å². The summed E-state index contributed by atoms with van der Waals surface area (Å²) in [5.41, 5.74) is 8.22. The highest BCUT2D eigenvalue weighted by atomic mass is 32.1. The van der Waals surface area contributed by atoms with Crippen LogP contribution in [-0.2, 0) is 0 Å².